The second-order valence-corrected chi connectivity index (χ2v) is 5.81. The van der Waals surface area contributed by atoms with Gasteiger partial charge in [0.2, 0.25) is 5.91 Å². The summed E-state index contributed by atoms with van der Waals surface area (Å²) in [6.07, 6.45) is 3.76. The first-order valence-corrected chi connectivity index (χ1v) is 6.47. The minimum Gasteiger partial charge on any atom is -0.358 e. The number of hydrogen-bond donors (Lipinski definition) is 2. The van der Waals surface area contributed by atoms with E-state index in [4.69, 9.17) is 0 Å². The van der Waals surface area contributed by atoms with Gasteiger partial charge in [-0.25, -0.2) is 4.98 Å². The predicted molar refractivity (Wildman–Crippen MR) is 72.6 cm³/mol. The molecule has 1 atom stereocenters. The summed E-state index contributed by atoms with van der Waals surface area (Å²) in [6, 6.07) is 3.87. The van der Waals surface area contributed by atoms with Crippen LogP contribution < -0.4 is 10.6 Å². The zero-order valence-corrected chi connectivity index (χ0v) is 11.3. The molecule has 2 heterocycles. The third kappa shape index (κ3) is 3.00. The van der Waals surface area contributed by atoms with E-state index in [1.54, 1.807) is 0 Å². The number of hydrogen-bond acceptors (Lipinski definition) is 3. The molecule has 0 saturated carbocycles. The molecular weight excluding hydrogens is 226 g/mol. The van der Waals surface area contributed by atoms with Crippen molar-refractivity contribution in [2.24, 2.45) is 0 Å². The SMILES string of the molecule is CC(C)(C)c1ccc(NC2CCCNC2=O)nc1. The summed E-state index contributed by atoms with van der Waals surface area (Å²) in [5.74, 6) is 0.841. The molecule has 18 heavy (non-hydrogen) atoms. The van der Waals surface area contributed by atoms with Crippen LogP contribution in [0.5, 0.6) is 0 Å². The smallest absolute Gasteiger partial charge is 0.242 e. The van der Waals surface area contributed by atoms with Gasteiger partial charge >= 0.3 is 0 Å². The molecule has 0 aliphatic carbocycles. The Kier molecular flexibility index (Phi) is 3.55. The Morgan fingerprint density at radius 2 is 2.17 bits per heavy atom. The third-order valence-electron chi connectivity index (χ3n) is 3.24. The first kappa shape index (κ1) is 12.9. The maximum Gasteiger partial charge on any atom is 0.242 e. The molecule has 1 aliphatic heterocycles. The highest BCUT2D eigenvalue weighted by Crippen LogP contribution is 2.22. The third-order valence-corrected chi connectivity index (χ3v) is 3.24. The summed E-state index contributed by atoms with van der Waals surface area (Å²) in [6.45, 7) is 7.26. The van der Waals surface area contributed by atoms with E-state index in [9.17, 15) is 4.79 Å². The van der Waals surface area contributed by atoms with Crippen molar-refractivity contribution in [3.05, 3.63) is 23.9 Å². The van der Waals surface area contributed by atoms with Crippen LogP contribution in [0.1, 0.15) is 39.2 Å². The fourth-order valence-corrected chi connectivity index (χ4v) is 2.01. The van der Waals surface area contributed by atoms with E-state index < -0.39 is 0 Å². The van der Waals surface area contributed by atoms with Crippen LogP contribution in [0.15, 0.2) is 18.3 Å². The molecule has 0 radical (unpaired) electrons. The molecule has 98 valence electrons. The Hall–Kier alpha value is -1.58. The Bertz CT molecular complexity index is 420. The van der Waals surface area contributed by atoms with E-state index in [1.165, 1.54) is 5.56 Å². The van der Waals surface area contributed by atoms with Crippen molar-refractivity contribution >= 4 is 11.7 Å². The Morgan fingerprint density at radius 1 is 1.39 bits per heavy atom. The van der Waals surface area contributed by atoms with Gasteiger partial charge in [0.05, 0.1) is 0 Å². The van der Waals surface area contributed by atoms with E-state index in [0.717, 1.165) is 25.2 Å². The largest absolute Gasteiger partial charge is 0.358 e. The van der Waals surface area contributed by atoms with Crippen molar-refractivity contribution in [2.75, 3.05) is 11.9 Å². The van der Waals surface area contributed by atoms with Gasteiger partial charge in [-0.05, 0) is 29.9 Å². The second-order valence-electron chi connectivity index (χ2n) is 5.81. The normalized spacial score (nSPS) is 20.4. The number of pyridine rings is 1. The van der Waals surface area contributed by atoms with Crippen molar-refractivity contribution in [3.8, 4) is 0 Å². The van der Waals surface area contributed by atoms with Crippen molar-refractivity contribution in [2.45, 2.75) is 45.1 Å². The van der Waals surface area contributed by atoms with Gasteiger partial charge in [0.1, 0.15) is 11.9 Å². The van der Waals surface area contributed by atoms with Crippen LogP contribution in [0.25, 0.3) is 0 Å². The molecule has 4 heteroatoms. The number of carbonyl (C=O) groups is 1. The highest BCUT2D eigenvalue weighted by Gasteiger charge is 2.22. The molecule has 1 aliphatic rings. The van der Waals surface area contributed by atoms with Gasteiger partial charge in [0, 0.05) is 12.7 Å². The maximum atomic E-state index is 11.6. The summed E-state index contributed by atoms with van der Waals surface area (Å²) in [5.41, 5.74) is 1.30. The van der Waals surface area contributed by atoms with Crippen LogP contribution in [-0.2, 0) is 10.2 Å². The first-order valence-electron chi connectivity index (χ1n) is 6.47. The van der Waals surface area contributed by atoms with Crippen molar-refractivity contribution in [3.63, 3.8) is 0 Å². The molecule has 1 saturated heterocycles. The standard InChI is InChI=1S/C14H21N3O/c1-14(2,3)10-6-7-12(16-9-10)17-11-5-4-8-15-13(11)18/h6-7,9,11H,4-5,8H2,1-3H3,(H,15,18)(H,16,17). The maximum absolute atomic E-state index is 11.6. The van der Waals surface area contributed by atoms with E-state index in [-0.39, 0.29) is 17.4 Å². The first-order chi connectivity index (χ1) is 8.47. The van der Waals surface area contributed by atoms with Crippen molar-refractivity contribution in [1.82, 2.24) is 10.3 Å². The molecule has 1 amide bonds. The summed E-state index contributed by atoms with van der Waals surface area (Å²) >= 11 is 0. The van der Waals surface area contributed by atoms with Crippen LogP contribution in [-0.4, -0.2) is 23.5 Å². The van der Waals surface area contributed by atoms with Gasteiger partial charge < -0.3 is 10.6 Å². The van der Waals surface area contributed by atoms with Crippen LogP contribution in [0, 0.1) is 0 Å². The lowest BCUT2D eigenvalue weighted by Gasteiger charge is -2.24. The lowest BCUT2D eigenvalue weighted by atomic mass is 9.88. The molecule has 4 nitrogen and oxygen atoms in total. The van der Waals surface area contributed by atoms with Gasteiger partial charge in [-0.3, -0.25) is 4.79 Å². The molecule has 2 N–H and O–H groups in total. The molecule has 0 spiro atoms. The van der Waals surface area contributed by atoms with E-state index in [1.807, 2.05) is 12.3 Å². The fraction of sp³-hybridized carbons (Fsp3) is 0.571. The Labute approximate surface area is 108 Å². The van der Waals surface area contributed by atoms with Gasteiger partial charge in [0.25, 0.3) is 0 Å². The fourth-order valence-electron chi connectivity index (χ4n) is 2.01. The van der Waals surface area contributed by atoms with Crippen LogP contribution in [0.4, 0.5) is 5.82 Å². The summed E-state index contributed by atoms with van der Waals surface area (Å²) in [4.78, 5) is 16.0. The number of carbonyl (C=O) groups excluding carboxylic acids is 1. The Morgan fingerprint density at radius 3 is 2.72 bits per heavy atom. The summed E-state index contributed by atoms with van der Waals surface area (Å²) in [5, 5.41) is 6.04. The van der Waals surface area contributed by atoms with Gasteiger partial charge in [-0.1, -0.05) is 26.8 Å². The Balaban J connectivity index is 2.04. The minimum absolute atomic E-state index is 0.0722. The van der Waals surface area contributed by atoms with Crippen molar-refractivity contribution in [1.29, 1.82) is 0 Å². The van der Waals surface area contributed by atoms with E-state index >= 15 is 0 Å². The topological polar surface area (TPSA) is 54.0 Å². The second kappa shape index (κ2) is 4.96. The average molecular weight is 247 g/mol. The zero-order chi connectivity index (χ0) is 13.2. The molecular formula is C14H21N3O. The average Bonchev–Trinajstić information content (AvgIpc) is 2.32. The molecule has 1 aromatic rings. The van der Waals surface area contributed by atoms with E-state index in [2.05, 4.69) is 42.5 Å². The highest BCUT2D eigenvalue weighted by molar-refractivity contribution is 5.84. The number of amides is 1. The number of aromatic nitrogens is 1. The molecule has 1 aromatic heterocycles. The minimum atomic E-state index is -0.147. The number of nitrogens with one attached hydrogen (secondary N) is 2. The van der Waals surface area contributed by atoms with Gasteiger partial charge in [0.15, 0.2) is 0 Å². The molecule has 0 aromatic carbocycles. The molecule has 1 fully saturated rings. The molecule has 1 unspecified atom stereocenters. The van der Waals surface area contributed by atoms with Crippen molar-refractivity contribution < 1.29 is 4.79 Å². The van der Waals surface area contributed by atoms with Gasteiger partial charge in [-0.2, -0.15) is 0 Å². The zero-order valence-electron chi connectivity index (χ0n) is 11.3. The predicted octanol–water partition coefficient (Wildman–Crippen LogP) is 2.07. The van der Waals surface area contributed by atoms with Crippen LogP contribution >= 0.6 is 0 Å². The lowest BCUT2D eigenvalue weighted by Crippen LogP contribution is -2.44. The number of nitrogens with zero attached hydrogens (tertiary/aromatic N) is 1. The number of piperidine rings is 1. The highest BCUT2D eigenvalue weighted by atomic mass is 16.2. The summed E-state index contributed by atoms with van der Waals surface area (Å²) < 4.78 is 0. The van der Waals surface area contributed by atoms with Gasteiger partial charge in [-0.15, -0.1) is 0 Å². The number of rotatable bonds is 2. The monoisotopic (exact) mass is 247 g/mol. The summed E-state index contributed by atoms with van der Waals surface area (Å²) in [7, 11) is 0. The quantitative estimate of drug-likeness (QED) is 0.841. The lowest BCUT2D eigenvalue weighted by molar-refractivity contribution is -0.123. The van der Waals surface area contributed by atoms with E-state index in [0.29, 0.717) is 0 Å². The number of anilines is 1. The molecule has 0 bridgehead atoms. The molecule has 2 rings (SSSR count). The van der Waals surface area contributed by atoms with Crippen LogP contribution in [0.3, 0.4) is 0 Å². The van der Waals surface area contributed by atoms with Crippen LogP contribution in [0.2, 0.25) is 0 Å².